The highest BCUT2D eigenvalue weighted by atomic mass is 35.5. The van der Waals surface area contributed by atoms with Crippen molar-refractivity contribution in [3.05, 3.63) is 46.9 Å². The van der Waals surface area contributed by atoms with Crippen LogP contribution in [0.15, 0.2) is 35.5 Å². The molecule has 0 aliphatic carbocycles. The second-order valence-corrected chi connectivity index (χ2v) is 6.12. The van der Waals surface area contributed by atoms with Gasteiger partial charge in [0.2, 0.25) is 0 Å². The lowest BCUT2D eigenvalue weighted by molar-refractivity contribution is 0.607. The Kier molecular flexibility index (Phi) is 3.08. The van der Waals surface area contributed by atoms with Crippen LogP contribution in [0.5, 0.6) is 0 Å². The first kappa shape index (κ1) is 12.1. The summed E-state index contributed by atoms with van der Waals surface area (Å²) in [5, 5.41) is 0.541. The maximum absolute atomic E-state index is 13.2. The monoisotopic (exact) mass is 282 g/mol. The third kappa shape index (κ3) is 1.93. The van der Waals surface area contributed by atoms with Crippen LogP contribution in [-0.4, -0.2) is 16.8 Å². The highest BCUT2D eigenvalue weighted by Crippen LogP contribution is 2.45. The molecule has 0 aromatic heterocycles. The molecular formula is C13H12ClFN2S. The van der Waals surface area contributed by atoms with Crippen LogP contribution in [0.1, 0.15) is 11.5 Å². The summed E-state index contributed by atoms with van der Waals surface area (Å²) >= 11 is 7.71. The second-order valence-electron chi connectivity index (χ2n) is 4.50. The third-order valence-electron chi connectivity index (χ3n) is 3.47. The lowest BCUT2D eigenvalue weighted by Crippen LogP contribution is -2.33. The fourth-order valence-electron chi connectivity index (χ4n) is 2.55. The number of aliphatic imine (C=N–C) groups is 1. The van der Waals surface area contributed by atoms with Gasteiger partial charge in [-0.05, 0) is 17.7 Å². The summed E-state index contributed by atoms with van der Waals surface area (Å²) < 4.78 is 13.2. The number of fused-ring (bicyclic) bond motifs is 1. The summed E-state index contributed by atoms with van der Waals surface area (Å²) in [5.41, 5.74) is 7.03. The van der Waals surface area contributed by atoms with E-state index in [0.717, 1.165) is 11.3 Å². The molecular weight excluding hydrogens is 271 g/mol. The first-order valence-electron chi connectivity index (χ1n) is 5.73. The molecule has 0 radical (unpaired) electrons. The first-order chi connectivity index (χ1) is 8.66. The second kappa shape index (κ2) is 4.59. The fraction of sp³-hybridized carbons (Fsp3) is 0.308. The molecule has 2 N–H and O–H groups in total. The quantitative estimate of drug-likeness (QED) is 0.859. The summed E-state index contributed by atoms with van der Waals surface area (Å²) in [7, 11) is 0. The normalized spacial score (nSPS) is 30.1. The van der Waals surface area contributed by atoms with Gasteiger partial charge in [0.15, 0.2) is 0 Å². The molecule has 0 amide bonds. The van der Waals surface area contributed by atoms with Crippen LogP contribution < -0.4 is 5.73 Å². The van der Waals surface area contributed by atoms with Crippen LogP contribution in [0.4, 0.5) is 4.39 Å². The topological polar surface area (TPSA) is 38.4 Å². The van der Waals surface area contributed by atoms with Gasteiger partial charge < -0.3 is 5.73 Å². The molecule has 5 heteroatoms. The molecule has 18 heavy (non-hydrogen) atoms. The molecule has 0 spiro atoms. The number of benzene rings is 1. The van der Waals surface area contributed by atoms with E-state index in [0.29, 0.717) is 11.1 Å². The van der Waals surface area contributed by atoms with Gasteiger partial charge in [-0.25, -0.2) is 9.38 Å². The van der Waals surface area contributed by atoms with Crippen LogP contribution >= 0.6 is 23.4 Å². The lowest BCUT2D eigenvalue weighted by Gasteiger charge is -2.24. The van der Waals surface area contributed by atoms with Gasteiger partial charge in [-0.3, -0.25) is 0 Å². The van der Waals surface area contributed by atoms with Crippen molar-refractivity contribution in [3.8, 4) is 0 Å². The van der Waals surface area contributed by atoms with Gasteiger partial charge in [0.05, 0.1) is 5.02 Å². The number of hydrogen-bond donors (Lipinski definition) is 1. The average molecular weight is 283 g/mol. The molecule has 3 rings (SSSR count). The van der Waals surface area contributed by atoms with E-state index >= 15 is 0 Å². The highest BCUT2D eigenvalue weighted by molar-refractivity contribution is 8.00. The van der Waals surface area contributed by atoms with Crippen molar-refractivity contribution in [2.24, 2.45) is 16.6 Å². The summed E-state index contributed by atoms with van der Waals surface area (Å²) in [6, 6.07) is 4.91. The van der Waals surface area contributed by atoms with Gasteiger partial charge in [-0.15, -0.1) is 0 Å². The van der Waals surface area contributed by atoms with Crippen LogP contribution in [0.25, 0.3) is 0 Å². The van der Waals surface area contributed by atoms with Gasteiger partial charge in [-0.1, -0.05) is 23.7 Å². The van der Waals surface area contributed by atoms with E-state index in [-0.39, 0.29) is 22.7 Å². The highest BCUT2D eigenvalue weighted by Gasteiger charge is 2.40. The Morgan fingerprint density at radius 2 is 2.28 bits per heavy atom. The lowest BCUT2D eigenvalue weighted by atomic mass is 9.84. The molecule has 1 saturated heterocycles. The molecule has 2 heterocycles. The SMILES string of the molecule is NC1=NC=CC2SCC(c3ccc(F)c(Cl)c3)C12. The van der Waals surface area contributed by atoms with E-state index in [1.54, 1.807) is 18.3 Å². The Morgan fingerprint density at radius 3 is 3.06 bits per heavy atom. The Balaban J connectivity index is 1.95. The van der Waals surface area contributed by atoms with E-state index in [1.807, 2.05) is 11.8 Å². The molecule has 3 atom stereocenters. The van der Waals surface area contributed by atoms with Crippen LogP contribution in [0.3, 0.4) is 0 Å². The minimum Gasteiger partial charge on any atom is -0.387 e. The Morgan fingerprint density at radius 1 is 1.44 bits per heavy atom. The van der Waals surface area contributed by atoms with E-state index in [4.69, 9.17) is 17.3 Å². The minimum atomic E-state index is -0.382. The number of amidine groups is 1. The average Bonchev–Trinajstić information content (AvgIpc) is 2.78. The predicted octanol–water partition coefficient (Wildman–Crippen LogP) is 3.18. The molecule has 0 saturated carbocycles. The molecule has 1 aromatic carbocycles. The molecule has 2 nitrogen and oxygen atoms in total. The van der Waals surface area contributed by atoms with Crippen LogP contribution in [0, 0.1) is 11.7 Å². The smallest absolute Gasteiger partial charge is 0.141 e. The van der Waals surface area contributed by atoms with Gasteiger partial charge in [0.1, 0.15) is 11.7 Å². The van der Waals surface area contributed by atoms with Crippen molar-refractivity contribution in [1.29, 1.82) is 0 Å². The third-order valence-corrected chi connectivity index (χ3v) is 5.14. The van der Waals surface area contributed by atoms with Gasteiger partial charge in [-0.2, -0.15) is 11.8 Å². The van der Waals surface area contributed by atoms with Gasteiger partial charge in [0, 0.05) is 29.0 Å². The number of halogens is 2. The van der Waals surface area contributed by atoms with Crippen molar-refractivity contribution >= 4 is 29.2 Å². The van der Waals surface area contributed by atoms with E-state index < -0.39 is 0 Å². The Hall–Kier alpha value is -1.00. The standard InChI is InChI=1S/C13H12ClFN2S/c14-9-5-7(1-2-10(9)15)8-6-18-11-3-4-17-13(16)12(8)11/h1-5,8,11-12H,6H2,(H2,16,17). The zero-order chi connectivity index (χ0) is 12.7. The van der Waals surface area contributed by atoms with Crippen molar-refractivity contribution in [2.45, 2.75) is 11.2 Å². The predicted molar refractivity (Wildman–Crippen MR) is 74.6 cm³/mol. The number of nitrogens with zero attached hydrogens (tertiary/aromatic N) is 1. The largest absolute Gasteiger partial charge is 0.387 e. The molecule has 1 aromatic rings. The molecule has 3 unspecified atom stereocenters. The zero-order valence-corrected chi connectivity index (χ0v) is 11.1. The Bertz CT molecular complexity index is 544. The van der Waals surface area contributed by atoms with Crippen molar-refractivity contribution < 1.29 is 4.39 Å². The van der Waals surface area contributed by atoms with Crippen molar-refractivity contribution in [3.63, 3.8) is 0 Å². The first-order valence-corrected chi connectivity index (χ1v) is 7.16. The van der Waals surface area contributed by atoms with Gasteiger partial charge >= 0.3 is 0 Å². The summed E-state index contributed by atoms with van der Waals surface area (Å²) in [4.78, 5) is 4.18. The van der Waals surface area contributed by atoms with Crippen molar-refractivity contribution in [1.82, 2.24) is 0 Å². The summed E-state index contributed by atoms with van der Waals surface area (Å²) in [6.45, 7) is 0. The molecule has 0 bridgehead atoms. The van der Waals surface area contributed by atoms with Crippen molar-refractivity contribution in [2.75, 3.05) is 5.75 Å². The number of rotatable bonds is 1. The van der Waals surface area contributed by atoms with E-state index in [9.17, 15) is 4.39 Å². The Labute approximate surface area is 114 Å². The maximum Gasteiger partial charge on any atom is 0.141 e. The number of thioether (sulfide) groups is 1. The van der Waals surface area contributed by atoms with E-state index in [1.165, 1.54) is 6.07 Å². The molecule has 2 aliphatic rings. The zero-order valence-electron chi connectivity index (χ0n) is 9.51. The van der Waals surface area contributed by atoms with E-state index in [2.05, 4.69) is 11.1 Å². The van der Waals surface area contributed by atoms with Crippen LogP contribution in [0.2, 0.25) is 5.02 Å². The van der Waals surface area contributed by atoms with Gasteiger partial charge in [0.25, 0.3) is 0 Å². The fourth-order valence-corrected chi connectivity index (χ4v) is 4.28. The van der Waals surface area contributed by atoms with Crippen LogP contribution in [-0.2, 0) is 0 Å². The minimum absolute atomic E-state index is 0.169. The molecule has 2 aliphatic heterocycles. The number of nitrogens with two attached hydrogens (primary N) is 1. The molecule has 94 valence electrons. The molecule has 1 fully saturated rings. The summed E-state index contributed by atoms with van der Waals surface area (Å²) in [5.74, 6) is 1.69. The maximum atomic E-state index is 13.2. The number of hydrogen-bond acceptors (Lipinski definition) is 3. The summed E-state index contributed by atoms with van der Waals surface area (Å²) in [6.07, 6.45) is 3.85.